The Hall–Kier alpha value is -2.59. The van der Waals surface area contributed by atoms with Crippen molar-refractivity contribution in [3.8, 4) is 0 Å². The molecule has 1 heterocycles. The number of rotatable bonds is 4. The quantitative estimate of drug-likeness (QED) is 0.533. The second-order valence-corrected chi connectivity index (χ2v) is 4.28. The summed E-state index contributed by atoms with van der Waals surface area (Å²) in [6, 6.07) is 5.03. The van der Waals surface area contributed by atoms with Gasteiger partial charge in [-0.2, -0.15) is 27.1 Å². The van der Waals surface area contributed by atoms with Gasteiger partial charge in [0.05, 0.1) is 4.92 Å². The predicted octanol–water partition coefficient (Wildman–Crippen LogP) is 2.96. The van der Waals surface area contributed by atoms with Crippen LogP contribution in [0.25, 0.3) is 0 Å². The summed E-state index contributed by atoms with van der Waals surface area (Å²) in [6.07, 6.45) is -5.92. The minimum Gasteiger partial charge on any atom is -0.263 e. The number of non-ortho nitro benzene ring substituents is 1. The maximum absolute atomic E-state index is 13.0. The third-order valence-electron chi connectivity index (χ3n) is 2.69. The van der Waals surface area contributed by atoms with Crippen LogP contribution in [0.5, 0.6) is 0 Å². The molecule has 0 fully saturated rings. The Morgan fingerprint density at radius 3 is 2.23 bits per heavy atom. The number of aromatic nitrogens is 3. The lowest BCUT2D eigenvalue weighted by atomic mass is 10.1. The Labute approximate surface area is 119 Å². The number of nitrogens with one attached hydrogen (secondary N) is 1. The van der Waals surface area contributed by atoms with Gasteiger partial charge in [-0.05, 0) is 5.56 Å². The summed E-state index contributed by atoms with van der Waals surface area (Å²) < 4.78 is 62.5. The normalized spacial score (nSPS) is 12.4. The summed E-state index contributed by atoms with van der Waals surface area (Å²) in [6.45, 7) is 0. The molecule has 0 aliphatic carbocycles. The van der Waals surface area contributed by atoms with Crippen molar-refractivity contribution >= 4 is 5.69 Å². The summed E-state index contributed by atoms with van der Waals surface area (Å²) in [5.74, 6) is -7.04. The number of nitrogens with zero attached hydrogens (tertiary/aromatic N) is 3. The van der Waals surface area contributed by atoms with Crippen LogP contribution in [0.3, 0.4) is 0 Å². The van der Waals surface area contributed by atoms with Crippen molar-refractivity contribution < 1.29 is 26.9 Å². The van der Waals surface area contributed by atoms with E-state index in [1.165, 1.54) is 24.3 Å². The van der Waals surface area contributed by atoms with Gasteiger partial charge in [-0.1, -0.05) is 12.1 Å². The smallest absolute Gasteiger partial charge is 0.263 e. The lowest BCUT2D eigenvalue weighted by Gasteiger charge is -2.15. The third-order valence-corrected chi connectivity index (χ3v) is 2.69. The van der Waals surface area contributed by atoms with Crippen LogP contribution in [0.4, 0.5) is 27.6 Å². The number of aromatic amines is 1. The summed E-state index contributed by atoms with van der Waals surface area (Å²) >= 11 is 0. The SMILES string of the molecule is O=[N+]([O-])c1ccc(Cc2nc(C(F)(F)C(F)(F)F)n[nH]2)cc1. The van der Waals surface area contributed by atoms with Crippen LogP contribution in [-0.2, 0) is 12.3 Å². The van der Waals surface area contributed by atoms with Gasteiger partial charge in [0.15, 0.2) is 0 Å². The number of nitro groups is 1. The van der Waals surface area contributed by atoms with Crippen LogP contribution in [0.2, 0.25) is 0 Å². The second kappa shape index (κ2) is 5.31. The first-order valence-corrected chi connectivity index (χ1v) is 5.71. The monoisotopic (exact) mass is 322 g/mol. The predicted molar refractivity (Wildman–Crippen MR) is 62.2 cm³/mol. The molecule has 0 spiro atoms. The minimum atomic E-state index is -5.79. The van der Waals surface area contributed by atoms with E-state index in [1.807, 2.05) is 5.10 Å². The van der Waals surface area contributed by atoms with Crippen molar-refractivity contribution in [2.24, 2.45) is 0 Å². The number of hydrogen-bond donors (Lipinski definition) is 1. The zero-order valence-electron chi connectivity index (χ0n) is 10.6. The van der Waals surface area contributed by atoms with E-state index in [4.69, 9.17) is 0 Å². The molecular formula is C11H7F5N4O2. The molecule has 6 nitrogen and oxygen atoms in total. The Kier molecular flexibility index (Phi) is 3.81. The fourth-order valence-electron chi connectivity index (χ4n) is 1.57. The average molecular weight is 322 g/mol. The van der Waals surface area contributed by atoms with Crippen molar-refractivity contribution in [2.45, 2.75) is 18.5 Å². The van der Waals surface area contributed by atoms with Gasteiger partial charge in [-0.15, -0.1) is 0 Å². The zero-order chi connectivity index (χ0) is 16.5. The largest absolute Gasteiger partial charge is 0.461 e. The molecular weight excluding hydrogens is 315 g/mol. The van der Waals surface area contributed by atoms with Crippen molar-refractivity contribution in [2.75, 3.05) is 0 Å². The molecule has 2 rings (SSSR count). The molecule has 1 N–H and O–H groups in total. The molecule has 0 atom stereocenters. The van der Waals surface area contributed by atoms with Gasteiger partial charge in [-0.25, -0.2) is 4.98 Å². The number of H-pyrrole nitrogens is 1. The minimum absolute atomic E-state index is 0.126. The molecule has 118 valence electrons. The third kappa shape index (κ3) is 3.02. The molecule has 0 radical (unpaired) electrons. The topological polar surface area (TPSA) is 84.7 Å². The number of nitro benzene ring substituents is 1. The van der Waals surface area contributed by atoms with Crippen molar-refractivity contribution in [1.29, 1.82) is 0 Å². The van der Waals surface area contributed by atoms with Gasteiger partial charge >= 0.3 is 12.1 Å². The summed E-state index contributed by atoms with van der Waals surface area (Å²) in [5.41, 5.74) is 0.259. The Bertz CT molecular complexity index is 681. The number of halogens is 5. The zero-order valence-corrected chi connectivity index (χ0v) is 10.6. The molecule has 0 bridgehead atoms. The van der Waals surface area contributed by atoms with E-state index in [1.54, 1.807) is 0 Å². The van der Waals surface area contributed by atoms with Crippen LogP contribution in [0, 0.1) is 10.1 Å². The molecule has 0 aliphatic rings. The highest BCUT2D eigenvalue weighted by molar-refractivity contribution is 5.33. The molecule has 1 aromatic heterocycles. The highest BCUT2D eigenvalue weighted by atomic mass is 19.4. The van der Waals surface area contributed by atoms with E-state index in [-0.39, 0.29) is 17.9 Å². The molecule has 22 heavy (non-hydrogen) atoms. The van der Waals surface area contributed by atoms with E-state index < -0.39 is 22.8 Å². The molecule has 0 unspecified atom stereocenters. The lowest BCUT2D eigenvalue weighted by Crippen LogP contribution is -2.34. The molecule has 0 saturated heterocycles. The Morgan fingerprint density at radius 1 is 1.14 bits per heavy atom. The van der Waals surface area contributed by atoms with E-state index in [2.05, 4.69) is 10.1 Å². The fourth-order valence-corrected chi connectivity index (χ4v) is 1.57. The van der Waals surface area contributed by atoms with Crippen molar-refractivity contribution in [3.63, 3.8) is 0 Å². The van der Waals surface area contributed by atoms with Gasteiger partial charge in [0.25, 0.3) is 5.69 Å². The maximum atomic E-state index is 13.0. The highest BCUT2D eigenvalue weighted by Crippen LogP contribution is 2.42. The fraction of sp³-hybridized carbons (Fsp3) is 0.273. The van der Waals surface area contributed by atoms with Crippen molar-refractivity contribution in [1.82, 2.24) is 15.2 Å². The van der Waals surface area contributed by atoms with Crippen LogP contribution < -0.4 is 0 Å². The van der Waals surface area contributed by atoms with Gasteiger partial charge in [-0.3, -0.25) is 15.2 Å². The summed E-state index contributed by atoms with van der Waals surface area (Å²) in [7, 11) is 0. The van der Waals surface area contributed by atoms with Gasteiger partial charge in [0, 0.05) is 18.6 Å². The first-order valence-electron chi connectivity index (χ1n) is 5.71. The molecule has 0 amide bonds. The van der Waals surface area contributed by atoms with Crippen molar-refractivity contribution in [3.05, 3.63) is 51.6 Å². The number of benzene rings is 1. The molecule has 11 heteroatoms. The second-order valence-electron chi connectivity index (χ2n) is 4.28. The lowest BCUT2D eigenvalue weighted by molar-refractivity contribution is -0.384. The standard InChI is InChI=1S/C11H7F5N4O2/c12-10(13,11(14,15)16)9-17-8(18-19-9)5-6-1-3-7(4-2-6)20(21)22/h1-4H,5H2,(H,17,18,19). The van der Waals surface area contributed by atoms with E-state index in [0.29, 0.717) is 5.56 Å². The van der Waals surface area contributed by atoms with Gasteiger partial charge in [0.1, 0.15) is 5.82 Å². The molecule has 2 aromatic rings. The first kappa shape index (κ1) is 15.8. The first-order chi connectivity index (χ1) is 10.1. The maximum Gasteiger partial charge on any atom is 0.461 e. The van der Waals surface area contributed by atoms with E-state index >= 15 is 0 Å². The molecule has 0 aliphatic heterocycles. The average Bonchev–Trinajstić information content (AvgIpc) is 2.87. The molecule has 0 saturated carbocycles. The number of hydrogen-bond acceptors (Lipinski definition) is 4. The highest BCUT2D eigenvalue weighted by Gasteiger charge is 2.61. The van der Waals surface area contributed by atoms with Crippen LogP contribution in [-0.4, -0.2) is 26.3 Å². The van der Waals surface area contributed by atoms with E-state index in [0.717, 1.165) is 0 Å². The van der Waals surface area contributed by atoms with Crippen LogP contribution >= 0.6 is 0 Å². The Morgan fingerprint density at radius 2 is 1.73 bits per heavy atom. The summed E-state index contributed by atoms with van der Waals surface area (Å²) in [4.78, 5) is 13.0. The van der Waals surface area contributed by atoms with Gasteiger partial charge < -0.3 is 0 Å². The van der Waals surface area contributed by atoms with Crippen LogP contribution in [0.1, 0.15) is 17.2 Å². The summed E-state index contributed by atoms with van der Waals surface area (Å²) in [5, 5.41) is 15.3. The molecule has 1 aromatic carbocycles. The Balaban J connectivity index is 2.17. The van der Waals surface area contributed by atoms with E-state index in [9.17, 15) is 32.1 Å². The van der Waals surface area contributed by atoms with Gasteiger partial charge in [0.2, 0.25) is 5.82 Å². The van der Waals surface area contributed by atoms with Crippen LogP contribution in [0.15, 0.2) is 24.3 Å². The number of alkyl halides is 5.